The van der Waals surface area contributed by atoms with Crippen LogP contribution in [0.15, 0.2) is 18.2 Å². The van der Waals surface area contributed by atoms with E-state index in [4.69, 9.17) is 15.2 Å². The van der Waals surface area contributed by atoms with Gasteiger partial charge in [0, 0.05) is 0 Å². The molecule has 0 unspecified atom stereocenters. The van der Waals surface area contributed by atoms with E-state index in [1.807, 2.05) is 12.1 Å². The van der Waals surface area contributed by atoms with Crippen molar-refractivity contribution in [3.8, 4) is 12.1 Å². The Morgan fingerprint density at radius 2 is 1.53 bits per heavy atom. The lowest BCUT2D eigenvalue weighted by atomic mass is 9.81. The molecule has 0 saturated heterocycles. The molecule has 0 bridgehead atoms. The van der Waals surface area contributed by atoms with Gasteiger partial charge in [0.1, 0.15) is 0 Å². The summed E-state index contributed by atoms with van der Waals surface area (Å²) < 4.78 is 5.59. The topological polar surface area (TPSA) is 77.0 Å². The zero-order valence-corrected chi connectivity index (χ0v) is 11.6. The van der Waals surface area contributed by atoms with Crippen LogP contribution in [-0.4, -0.2) is 23.8 Å². The summed E-state index contributed by atoms with van der Waals surface area (Å²) in [7, 11) is 1.46. The summed E-state index contributed by atoms with van der Waals surface area (Å²) in [5.41, 5.74) is -0.394. The molecule has 0 aromatic heterocycles. The average molecular weight is 255 g/mol. The maximum atomic E-state index is 9.98. The highest BCUT2D eigenvalue weighted by Gasteiger charge is 2.35. The third-order valence-electron chi connectivity index (χ3n) is 3.18. The van der Waals surface area contributed by atoms with Gasteiger partial charge in [0.05, 0.1) is 34.5 Å². The van der Waals surface area contributed by atoms with Gasteiger partial charge in [0.15, 0.2) is 0 Å². The molecular weight excluding hydrogens is 239 g/mol. The molecule has 1 N–H and O–H groups in total. The zero-order chi connectivity index (χ0) is 14.7. The molecule has 1 aromatic rings. The minimum Gasteiger partial charge on any atom is -0.427 e. The predicted molar refractivity (Wildman–Crippen MR) is 72.7 cm³/mol. The second-order valence-corrected chi connectivity index (χ2v) is 5.37. The molecule has 0 heterocycles. The van der Waals surface area contributed by atoms with Crippen molar-refractivity contribution >= 4 is 12.9 Å². The van der Waals surface area contributed by atoms with Crippen LogP contribution in [0.2, 0.25) is 0 Å². The molecule has 97 valence electrons. The minimum atomic E-state index is -1.02. The quantitative estimate of drug-likeness (QED) is 0.821. The number of nitriles is 2. The number of aliphatic hydroxyl groups is 1. The van der Waals surface area contributed by atoms with E-state index >= 15 is 0 Å². The highest BCUT2D eigenvalue weighted by atomic mass is 16.5. The highest BCUT2D eigenvalue weighted by molar-refractivity contribution is 6.47. The van der Waals surface area contributed by atoms with Gasteiger partial charge in [0.2, 0.25) is 0 Å². The highest BCUT2D eigenvalue weighted by Crippen LogP contribution is 2.24. The Kier molecular flexibility index (Phi) is 4.37. The summed E-state index contributed by atoms with van der Waals surface area (Å²) in [5.74, 6) is 0. The van der Waals surface area contributed by atoms with Crippen LogP contribution in [0.3, 0.4) is 0 Å². The lowest BCUT2D eigenvalue weighted by Crippen LogP contribution is -2.49. The molecule has 1 rings (SSSR count). The summed E-state index contributed by atoms with van der Waals surface area (Å²) in [5, 5.41) is 27.7. The molecule has 0 aliphatic rings. The molecule has 0 atom stereocenters. The van der Waals surface area contributed by atoms with E-state index in [2.05, 4.69) is 0 Å². The summed E-state index contributed by atoms with van der Waals surface area (Å²) in [6.45, 7) is 6.85. The number of rotatable bonds is 4. The van der Waals surface area contributed by atoms with E-state index in [0.29, 0.717) is 16.6 Å². The van der Waals surface area contributed by atoms with Gasteiger partial charge in [-0.15, -0.1) is 0 Å². The molecule has 19 heavy (non-hydrogen) atoms. The van der Waals surface area contributed by atoms with Crippen molar-refractivity contribution in [1.29, 1.82) is 10.5 Å². The van der Waals surface area contributed by atoms with Crippen LogP contribution in [0.25, 0.3) is 0 Å². The first-order chi connectivity index (χ1) is 8.69. The van der Waals surface area contributed by atoms with E-state index in [-0.39, 0.29) is 0 Å². The predicted octanol–water partition coefficient (Wildman–Crippen LogP) is 1.24. The summed E-state index contributed by atoms with van der Waals surface area (Å²) >= 11 is 0. The second kappa shape index (κ2) is 5.44. The standard InChI is InChI=1S/C14H16BN2O2/c1-13(2,18)14(3,4)19-15-12-6-10(8-16)5-11(7-12)9-17/h5-7,18H,1-4H3. The van der Waals surface area contributed by atoms with Crippen LogP contribution in [0.1, 0.15) is 38.8 Å². The van der Waals surface area contributed by atoms with Crippen LogP contribution in [0.5, 0.6) is 0 Å². The molecule has 0 aliphatic heterocycles. The molecule has 1 radical (unpaired) electrons. The number of hydrogen-bond acceptors (Lipinski definition) is 4. The lowest BCUT2D eigenvalue weighted by Gasteiger charge is -2.37. The number of hydrogen-bond donors (Lipinski definition) is 1. The van der Waals surface area contributed by atoms with Gasteiger partial charge in [-0.2, -0.15) is 10.5 Å². The molecule has 0 aliphatic carbocycles. The van der Waals surface area contributed by atoms with Gasteiger partial charge < -0.3 is 9.76 Å². The first kappa shape index (κ1) is 15.2. The van der Waals surface area contributed by atoms with Crippen LogP contribution in [0.4, 0.5) is 0 Å². The Hall–Kier alpha value is -1.82. The third-order valence-corrected chi connectivity index (χ3v) is 3.18. The second-order valence-electron chi connectivity index (χ2n) is 5.37. The third kappa shape index (κ3) is 3.82. The molecule has 0 saturated carbocycles. The van der Waals surface area contributed by atoms with Crippen LogP contribution in [-0.2, 0) is 4.65 Å². The van der Waals surface area contributed by atoms with E-state index in [9.17, 15) is 5.11 Å². The lowest BCUT2D eigenvalue weighted by molar-refractivity contribution is -0.0893. The molecule has 4 nitrogen and oxygen atoms in total. The smallest absolute Gasteiger partial charge is 0.331 e. The zero-order valence-electron chi connectivity index (χ0n) is 11.6. The Morgan fingerprint density at radius 3 is 1.89 bits per heavy atom. The Morgan fingerprint density at radius 1 is 1.05 bits per heavy atom. The van der Waals surface area contributed by atoms with Gasteiger partial charge in [-0.25, -0.2) is 0 Å². The van der Waals surface area contributed by atoms with Crippen molar-refractivity contribution in [2.75, 3.05) is 0 Å². The van der Waals surface area contributed by atoms with Gasteiger partial charge in [0.25, 0.3) is 0 Å². The van der Waals surface area contributed by atoms with Crippen molar-refractivity contribution in [2.45, 2.75) is 38.9 Å². The Balaban J connectivity index is 2.91. The minimum absolute atomic E-state index is 0.398. The molecule has 0 amide bonds. The Bertz CT molecular complexity index is 516. The van der Waals surface area contributed by atoms with Crippen molar-refractivity contribution in [3.63, 3.8) is 0 Å². The fourth-order valence-corrected chi connectivity index (χ4v) is 1.21. The largest absolute Gasteiger partial charge is 0.427 e. The molecule has 5 heteroatoms. The normalized spacial score (nSPS) is 11.5. The summed E-state index contributed by atoms with van der Waals surface area (Å²) in [4.78, 5) is 0. The number of nitrogens with zero attached hydrogens (tertiary/aromatic N) is 2. The SMILES string of the molecule is CC(C)(O)C(C)(C)O[B]c1cc(C#N)cc(C#N)c1. The van der Waals surface area contributed by atoms with Crippen molar-refractivity contribution in [2.24, 2.45) is 0 Å². The van der Waals surface area contributed by atoms with Crippen LogP contribution in [0, 0.1) is 22.7 Å². The van der Waals surface area contributed by atoms with Gasteiger partial charge in [-0.1, -0.05) is 5.46 Å². The fraction of sp³-hybridized carbons (Fsp3) is 0.429. The van der Waals surface area contributed by atoms with E-state index in [0.717, 1.165) is 0 Å². The fourth-order valence-electron chi connectivity index (χ4n) is 1.21. The maximum absolute atomic E-state index is 9.98. The average Bonchev–Trinajstić information content (AvgIpc) is 2.34. The van der Waals surface area contributed by atoms with E-state index in [1.54, 1.807) is 39.8 Å². The maximum Gasteiger partial charge on any atom is 0.331 e. The van der Waals surface area contributed by atoms with Crippen LogP contribution >= 0.6 is 0 Å². The molecule has 1 aromatic carbocycles. The van der Waals surface area contributed by atoms with E-state index in [1.165, 1.54) is 13.5 Å². The van der Waals surface area contributed by atoms with Gasteiger partial charge in [-0.05, 0) is 45.9 Å². The van der Waals surface area contributed by atoms with Gasteiger partial charge >= 0.3 is 7.48 Å². The molecular formula is C14H16BN2O2. The first-order valence-electron chi connectivity index (χ1n) is 5.88. The van der Waals surface area contributed by atoms with E-state index < -0.39 is 11.2 Å². The molecule has 0 fully saturated rings. The van der Waals surface area contributed by atoms with Crippen LogP contribution < -0.4 is 5.46 Å². The molecule has 0 spiro atoms. The Labute approximate surface area is 114 Å². The van der Waals surface area contributed by atoms with Gasteiger partial charge in [-0.3, -0.25) is 0 Å². The summed E-state index contributed by atoms with van der Waals surface area (Å²) in [6.07, 6.45) is 0. The van der Waals surface area contributed by atoms with Crippen molar-refractivity contribution in [1.82, 2.24) is 0 Å². The summed E-state index contributed by atoms with van der Waals surface area (Å²) in [6, 6.07) is 8.75. The monoisotopic (exact) mass is 255 g/mol. The number of benzene rings is 1. The van der Waals surface area contributed by atoms with Crippen molar-refractivity contribution < 1.29 is 9.76 Å². The van der Waals surface area contributed by atoms with Crippen molar-refractivity contribution in [3.05, 3.63) is 29.3 Å². The first-order valence-corrected chi connectivity index (χ1v) is 5.88.